The van der Waals surface area contributed by atoms with E-state index in [0.29, 0.717) is 4.60 Å². The second-order valence-corrected chi connectivity index (χ2v) is 4.62. The quantitative estimate of drug-likeness (QED) is 0.849. The minimum atomic E-state index is -0.664. The summed E-state index contributed by atoms with van der Waals surface area (Å²) >= 11 is 8.77. The van der Waals surface area contributed by atoms with Gasteiger partial charge in [-0.25, -0.2) is 9.37 Å². The summed E-state index contributed by atoms with van der Waals surface area (Å²) in [6.45, 7) is 0. The van der Waals surface area contributed by atoms with Crippen LogP contribution in [0.15, 0.2) is 41.0 Å². The van der Waals surface area contributed by atoms with Gasteiger partial charge in [-0.3, -0.25) is 4.79 Å². The number of carbonyl (C=O) groups is 1. The Morgan fingerprint density at radius 2 is 2.00 bits per heavy atom. The number of nitrogens with one attached hydrogen (secondary N) is 1. The number of amides is 1. The molecule has 2 rings (SSSR count). The molecule has 1 heterocycles. The lowest BCUT2D eigenvalue weighted by atomic mass is 10.3. The first-order chi connectivity index (χ1) is 8.58. The molecule has 0 unspecified atom stereocenters. The highest BCUT2D eigenvalue weighted by atomic mass is 79.9. The Morgan fingerprint density at radius 1 is 1.28 bits per heavy atom. The van der Waals surface area contributed by atoms with E-state index in [2.05, 4.69) is 26.2 Å². The van der Waals surface area contributed by atoms with Crippen LogP contribution in [0, 0.1) is 5.82 Å². The Balaban J connectivity index is 2.24. The molecule has 0 aliphatic carbocycles. The third-order valence-corrected chi connectivity index (χ3v) is 2.88. The number of hydrogen-bond acceptors (Lipinski definition) is 2. The molecule has 3 nitrogen and oxygen atoms in total. The monoisotopic (exact) mass is 328 g/mol. The first-order valence-corrected chi connectivity index (χ1v) is 6.13. The average molecular weight is 330 g/mol. The van der Waals surface area contributed by atoms with Crippen LogP contribution in [0.3, 0.4) is 0 Å². The molecule has 0 radical (unpaired) electrons. The SMILES string of the molecule is O=C(Nc1cccc(Cl)c1F)c1cccc(Br)n1. The predicted octanol–water partition coefficient (Wildman–Crippen LogP) is 3.89. The number of nitrogens with zero attached hydrogens (tertiary/aromatic N) is 1. The lowest BCUT2D eigenvalue weighted by Crippen LogP contribution is -2.14. The standard InChI is InChI=1S/C12H7BrClFN2O/c13-10-6-2-5-9(16-10)12(18)17-8-4-1-3-7(14)11(8)15/h1-6H,(H,17,18). The van der Waals surface area contributed by atoms with Crippen molar-refractivity contribution in [2.75, 3.05) is 5.32 Å². The predicted molar refractivity (Wildman–Crippen MR) is 71.3 cm³/mol. The Hall–Kier alpha value is -1.46. The number of hydrogen-bond donors (Lipinski definition) is 1. The second-order valence-electron chi connectivity index (χ2n) is 3.40. The van der Waals surface area contributed by atoms with Gasteiger partial charge in [-0.15, -0.1) is 0 Å². The Morgan fingerprint density at radius 3 is 2.72 bits per heavy atom. The summed E-state index contributed by atoms with van der Waals surface area (Å²) in [6, 6.07) is 9.27. The molecule has 1 amide bonds. The van der Waals surface area contributed by atoms with Gasteiger partial charge in [-0.1, -0.05) is 23.7 Å². The number of rotatable bonds is 2. The molecule has 2 aromatic rings. The zero-order valence-corrected chi connectivity index (χ0v) is 11.3. The molecule has 0 aliphatic heterocycles. The fourth-order valence-electron chi connectivity index (χ4n) is 1.32. The number of halogens is 3. The van der Waals surface area contributed by atoms with Gasteiger partial charge >= 0.3 is 0 Å². The van der Waals surface area contributed by atoms with Gasteiger partial charge < -0.3 is 5.32 Å². The summed E-state index contributed by atoms with van der Waals surface area (Å²) in [5.74, 6) is -1.17. The number of pyridine rings is 1. The molecule has 1 N–H and O–H groups in total. The summed E-state index contributed by atoms with van der Waals surface area (Å²) in [5.41, 5.74) is 0.207. The summed E-state index contributed by atoms with van der Waals surface area (Å²) in [6.07, 6.45) is 0. The fraction of sp³-hybridized carbons (Fsp3) is 0. The minimum Gasteiger partial charge on any atom is -0.318 e. The average Bonchev–Trinajstić information content (AvgIpc) is 2.35. The van der Waals surface area contributed by atoms with Gasteiger partial charge in [0.05, 0.1) is 10.7 Å². The number of carbonyl (C=O) groups excluding carboxylic acids is 1. The number of benzene rings is 1. The van der Waals surface area contributed by atoms with Gasteiger partial charge in [0.1, 0.15) is 10.3 Å². The lowest BCUT2D eigenvalue weighted by Gasteiger charge is -2.06. The van der Waals surface area contributed by atoms with Crippen LogP contribution < -0.4 is 5.32 Å². The van der Waals surface area contributed by atoms with Gasteiger partial charge in [-0.05, 0) is 40.2 Å². The molecule has 0 bridgehead atoms. The van der Waals surface area contributed by atoms with E-state index < -0.39 is 11.7 Å². The first kappa shape index (κ1) is 13.0. The van der Waals surface area contributed by atoms with Crippen molar-refractivity contribution >= 4 is 39.1 Å². The first-order valence-electron chi connectivity index (χ1n) is 4.96. The van der Waals surface area contributed by atoms with Crippen LogP contribution in [0.5, 0.6) is 0 Å². The van der Waals surface area contributed by atoms with Gasteiger partial charge in [0, 0.05) is 0 Å². The summed E-state index contributed by atoms with van der Waals surface area (Å²) < 4.78 is 14.1. The van der Waals surface area contributed by atoms with Crippen molar-refractivity contribution < 1.29 is 9.18 Å². The van der Waals surface area contributed by atoms with Gasteiger partial charge in [0.25, 0.3) is 5.91 Å². The molecule has 0 fully saturated rings. The highest BCUT2D eigenvalue weighted by Crippen LogP contribution is 2.22. The van der Waals surface area contributed by atoms with Crippen molar-refractivity contribution in [1.29, 1.82) is 0 Å². The van der Waals surface area contributed by atoms with E-state index in [1.54, 1.807) is 18.2 Å². The topological polar surface area (TPSA) is 42.0 Å². The van der Waals surface area contributed by atoms with Crippen LogP contribution in [0.25, 0.3) is 0 Å². The summed E-state index contributed by atoms with van der Waals surface area (Å²) in [4.78, 5) is 15.8. The van der Waals surface area contributed by atoms with E-state index in [-0.39, 0.29) is 16.4 Å². The molecule has 0 aliphatic rings. The molecule has 0 atom stereocenters. The lowest BCUT2D eigenvalue weighted by molar-refractivity contribution is 0.102. The van der Waals surface area contributed by atoms with Crippen molar-refractivity contribution in [3.05, 3.63) is 57.5 Å². The highest BCUT2D eigenvalue weighted by Gasteiger charge is 2.12. The molecule has 0 saturated heterocycles. The maximum atomic E-state index is 13.6. The van der Waals surface area contributed by atoms with Crippen LogP contribution >= 0.6 is 27.5 Å². The van der Waals surface area contributed by atoms with Crippen molar-refractivity contribution in [2.24, 2.45) is 0 Å². The molecule has 18 heavy (non-hydrogen) atoms. The van der Waals surface area contributed by atoms with E-state index >= 15 is 0 Å². The largest absolute Gasteiger partial charge is 0.318 e. The van der Waals surface area contributed by atoms with Crippen LogP contribution in [-0.2, 0) is 0 Å². The van der Waals surface area contributed by atoms with Crippen molar-refractivity contribution in [3.63, 3.8) is 0 Å². The molecule has 0 saturated carbocycles. The van der Waals surface area contributed by atoms with E-state index in [1.165, 1.54) is 18.2 Å². The molecular formula is C12H7BrClFN2O. The number of aromatic nitrogens is 1. The minimum absolute atomic E-state index is 0.0225. The smallest absolute Gasteiger partial charge is 0.274 e. The maximum Gasteiger partial charge on any atom is 0.274 e. The fourth-order valence-corrected chi connectivity index (χ4v) is 1.84. The van der Waals surface area contributed by atoms with Crippen LogP contribution in [0.1, 0.15) is 10.5 Å². The normalized spacial score (nSPS) is 10.2. The van der Waals surface area contributed by atoms with Crippen LogP contribution in [0.4, 0.5) is 10.1 Å². The summed E-state index contributed by atoms with van der Waals surface area (Å²) in [7, 11) is 0. The Labute approximate surface area is 116 Å². The molecule has 1 aromatic heterocycles. The van der Waals surface area contributed by atoms with E-state index in [9.17, 15) is 9.18 Å². The summed E-state index contributed by atoms with van der Waals surface area (Å²) in [5, 5.41) is 2.37. The van der Waals surface area contributed by atoms with E-state index in [0.717, 1.165) is 0 Å². The molecule has 92 valence electrons. The van der Waals surface area contributed by atoms with Crippen molar-refractivity contribution in [2.45, 2.75) is 0 Å². The molecule has 1 aromatic carbocycles. The Kier molecular flexibility index (Phi) is 3.93. The zero-order chi connectivity index (χ0) is 13.1. The van der Waals surface area contributed by atoms with Crippen molar-refractivity contribution in [3.8, 4) is 0 Å². The van der Waals surface area contributed by atoms with Crippen LogP contribution in [-0.4, -0.2) is 10.9 Å². The molecule has 6 heteroatoms. The zero-order valence-electron chi connectivity index (χ0n) is 8.95. The van der Waals surface area contributed by atoms with Gasteiger partial charge in [0.2, 0.25) is 0 Å². The number of anilines is 1. The van der Waals surface area contributed by atoms with Gasteiger partial charge in [-0.2, -0.15) is 0 Å². The van der Waals surface area contributed by atoms with E-state index in [4.69, 9.17) is 11.6 Å². The van der Waals surface area contributed by atoms with Gasteiger partial charge in [0.15, 0.2) is 5.82 Å². The molecule has 0 spiro atoms. The Bertz CT molecular complexity index is 606. The highest BCUT2D eigenvalue weighted by molar-refractivity contribution is 9.10. The van der Waals surface area contributed by atoms with Crippen LogP contribution in [0.2, 0.25) is 5.02 Å². The third kappa shape index (κ3) is 2.86. The van der Waals surface area contributed by atoms with E-state index in [1.807, 2.05) is 0 Å². The maximum absolute atomic E-state index is 13.6. The van der Waals surface area contributed by atoms with Crippen molar-refractivity contribution in [1.82, 2.24) is 4.98 Å². The second kappa shape index (κ2) is 5.46. The molecular weight excluding hydrogens is 322 g/mol. The third-order valence-electron chi connectivity index (χ3n) is 2.15.